The molecule has 34 heavy (non-hydrogen) atoms. The Bertz CT molecular complexity index is 910. The van der Waals surface area contributed by atoms with Crippen molar-refractivity contribution < 1.29 is 17.6 Å². The Labute approximate surface area is 202 Å². The first kappa shape index (κ1) is 25.3. The lowest BCUT2D eigenvalue weighted by molar-refractivity contribution is -0.0955. The minimum Gasteiger partial charge on any atom is -0.207 e. The summed E-state index contributed by atoms with van der Waals surface area (Å²) in [5, 5.41) is 0. The van der Waals surface area contributed by atoms with Gasteiger partial charge in [0, 0.05) is 17.9 Å². The predicted molar refractivity (Wildman–Crippen MR) is 131 cm³/mol. The molecule has 4 heteroatoms. The standard InChI is InChI=1S/C30H38F4/c1-3-4-21-7-15-27(16-8-21)30(33,34)19-22-5-9-23(10-6-22)24-11-13-25(14-12-24)26-17-28(31)20(2)29(32)18-26/h11-14,17-18,21-23,27H,3-10,15-16,19H2,1-2H3. The van der Waals surface area contributed by atoms with Crippen molar-refractivity contribution in [3.8, 4) is 11.1 Å². The molecule has 2 aliphatic carbocycles. The molecule has 0 aliphatic heterocycles. The van der Waals surface area contributed by atoms with Crippen LogP contribution in [0.25, 0.3) is 11.1 Å². The molecule has 0 radical (unpaired) electrons. The summed E-state index contributed by atoms with van der Waals surface area (Å²) in [4.78, 5) is 0. The van der Waals surface area contributed by atoms with Gasteiger partial charge in [-0.2, -0.15) is 0 Å². The van der Waals surface area contributed by atoms with Crippen molar-refractivity contribution in [2.45, 2.75) is 96.3 Å². The summed E-state index contributed by atoms with van der Waals surface area (Å²) in [6, 6.07) is 10.6. The van der Waals surface area contributed by atoms with Crippen LogP contribution >= 0.6 is 0 Å². The molecular weight excluding hydrogens is 436 g/mol. The Kier molecular flexibility index (Phi) is 8.05. The molecule has 0 nitrogen and oxygen atoms in total. The molecule has 0 heterocycles. The maximum atomic E-state index is 15.1. The van der Waals surface area contributed by atoms with Crippen LogP contribution in [0.2, 0.25) is 0 Å². The zero-order chi connectivity index (χ0) is 24.3. The summed E-state index contributed by atoms with van der Waals surface area (Å²) < 4.78 is 58.0. The van der Waals surface area contributed by atoms with Gasteiger partial charge in [-0.25, -0.2) is 17.6 Å². The van der Waals surface area contributed by atoms with Gasteiger partial charge in [0.05, 0.1) is 0 Å². The fourth-order valence-corrected chi connectivity index (χ4v) is 6.29. The Balaban J connectivity index is 1.30. The van der Waals surface area contributed by atoms with E-state index in [0.717, 1.165) is 50.5 Å². The van der Waals surface area contributed by atoms with E-state index in [4.69, 9.17) is 0 Å². The lowest BCUT2D eigenvalue weighted by Gasteiger charge is -2.37. The van der Waals surface area contributed by atoms with Crippen molar-refractivity contribution in [1.29, 1.82) is 0 Å². The van der Waals surface area contributed by atoms with E-state index in [9.17, 15) is 8.78 Å². The second kappa shape index (κ2) is 10.8. The van der Waals surface area contributed by atoms with E-state index in [1.54, 1.807) is 0 Å². The molecule has 4 rings (SSSR count). The van der Waals surface area contributed by atoms with Gasteiger partial charge in [-0.3, -0.25) is 0 Å². The highest BCUT2D eigenvalue weighted by Gasteiger charge is 2.43. The number of alkyl halides is 2. The smallest absolute Gasteiger partial charge is 0.207 e. The molecular formula is C30H38F4. The Morgan fingerprint density at radius 3 is 1.88 bits per heavy atom. The Morgan fingerprint density at radius 1 is 0.765 bits per heavy atom. The van der Waals surface area contributed by atoms with Crippen LogP contribution in [0.15, 0.2) is 36.4 Å². The molecule has 2 fully saturated rings. The SMILES string of the molecule is CCCC1CCC(C(F)(F)CC2CCC(c3ccc(-c4cc(F)c(C)c(F)c4)cc3)CC2)CC1. The minimum atomic E-state index is -2.53. The lowest BCUT2D eigenvalue weighted by atomic mass is 9.72. The number of benzene rings is 2. The Morgan fingerprint density at radius 2 is 1.32 bits per heavy atom. The normalized spacial score (nSPS) is 25.9. The van der Waals surface area contributed by atoms with Crippen molar-refractivity contribution in [3.63, 3.8) is 0 Å². The first-order valence-corrected chi connectivity index (χ1v) is 13.2. The van der Waals surface area contributed by atoms with Crippen molar-refractivity contribution in [1.82, 2.24) is 0 Å². The number of halogens is 4. The summed E-state index contributed by atoms with van der Waals surface area (Å²) in [5.41, 5.74) is 2.54. The van der Waals surface area contributed by atoms with Crippen LogP contribution in [-0.2, 0) is 0 Å². The van der Waals surface area contributed by atoms with Gasteiger partial charge in [0.1, 0.15) is 11.6 Å². The van der Waals surface area contributed by atoms with E-state index < -0.39 is 23.5 Å². The molecule has 2 aromatic carbocycles. The van der Waals surface area contributed by atoms with Crippen molar-refractivity contribution in [2.24, 2.45) is 17.8 Å². The van der Waals surface area contributed by atoms with Crippen molar-refractivity contribution in [2.75, 3.05) is 0 Å². The molecule has 0 bridgehead atoms. The van der Waals surface area contributed by atoms with Crippen LogP contribution in [0.4, 0.5) is 17.6 Å². The molecule has 2 saturated carbocycles. The van der Waals surface area contributed by atoms with Gasteiger partial charge in [-0.15, -0.1) is 0 Å². The first-order chi connectivity index (χ1) is 16.3. The highest BCUT2D eigenvalue weighted by molar-refractivity contribution is 5.64. The fourth-order valence-electron chi connectivity index (χ4n) is 6.29. The lowest BCUT2D eigenvalue weighted by Crippen LogP contribution is -2.34. The van der Waals surface area contributed by atoms with Gasteiger partial charge in [0.2, 0.25) is 0 Å². The Hall–Kier alpha value is -1.84. The molecule has 0 aromatic heterocycles. The van der Waals surface area contributed by atoms with E-state index >= 15 is 8.78 Å². The van der Waals surface area contributed by atoms with Gasteiger partial charge < -0.3 is 0 Å². The quantitative estimate of drug-likeness (QED) is 0.350. The number of hydrogen-bond donors (Lipinski definition) is 0. The van der Waals surface area contributed by atoms with E-state index in [1.165, 1.54) is 31.0 Å². The summed E-state index contributed by atoms with van der Waals surface area (Å²) in [6.45, 7) is 3.61. The van der Waals surface area contributed by atoms with Gasteiger partial charge in [0.15, 0.2) is 0 Å². The zero-order valence-electron chi connectivity index (χ0n) is 20.6. The third-order valence-electron chi connectivity index (χ3n) is 8.54. The molecule has 2 aliphatic rings. The van der Waals surface area contributed by atoms with Crippen LogP contribution in [0.1, 0.15) is 94.6 Å². The second-order valence-corrected chi connectivity index (χ2v) is 10.9. The third kappa shape index (κ3) is 5.86. The fraction of sp³-hybridized carbons (Fsp3) is 0.600. The molecule has 0 atom stereocenters. The molecule has 2 aromatic rings. The van der Waals surface area contributed by atoms with Crippen LogP contribution in [0.5, 0.6) is 0 Å². The van der Waals surface area contributed by atoms with Crippen LogP contribution in [-0.4, -0.2) is 5.92 Å². The summed E-state index contributed by atoms with van der Waals surface area (Å²) in [7, 11) is 0. The van der Waals surface area contributed by atoms with Gasteiger partial charge in [0.25, 0.3) is 5.92 Å². The molecule has 0 N–H and O–H groups in total. The molecule has 0 spiro atoms. The highest BCUT2D eigenvalue weighted by Crippen LogP contribution is 2.46. The number of rotatable bonds is 7. The average molecular weight is 475 g/mol. The van der Waals surface area contributed by atoms with Crippen molar-refractivity contribution in [3.05, 3.63) is 59.2 Å². The molecule has 186 valence electrons. The van der Waals surface area contributed by atoms with E-state index in [0.29, 0.717) is 30.2 Å². The first-order valence-electron chi connectivity index (χ1n) is 13.2. The number of hydrogen-bond acceptors (Lipinski definition) is 0. The van der Waals surface area contributed by atoms with Crippen LogP contribution < -0.4 is 0 Å². The molecule has 0 saturated heterocycles. The summed E-state index contributed by atoms with van der Waals surface area (Å²) >= 11 is 0. The summed E-state index contributed by atoms with van der Waals surface area (Å²) in [6.07, 6.45) is 9.26. The van der Waals surface area contributed by atoms with Gasteiger partial charge in [-0.05, 0) is 105 Å². The maximum absolute atomic E-state index is 15.1. The second-order valence-electron chi connectivity index (χ2n) is 10.9. The van der Waals surface area contributed by atoms with E-state index in [-0.39, 0.29) is 17.9 Å². The average Bonchev–Trinajstić information content (AvgIpc) is 2.83. The summed E-state index contributed by atoms with van der Waals surface area (Å²) in [5.74, 6) is -2.90. The van der Waals surface area contributed by atoms with Gasteiger partial charge in [-0.1, -0.05) is 44.0 Å². The minimum absolute atomic E-state index is 0.0342. The van der Waals surface area contributed by atoms with Gasteiger partial charge >= 0.3 is 0 Å². The van der Waals surface area contributed by atoms with E-state index in [2.05, 4.69) is 6.92 Å². The van der Waals surface area contributed by atoms with Crippen LogP contribution in [0, 0.1) is 36.3 Å². The van der Waals surface area contributed by atoms with E-state index in [1.807, 2.05) is 24.3 Å². The monoisotopic (exact) mass is 474 g/mol. The third-order valence-corrected chi connectivity index (χ3v) is 8.54. The molecule has 0 amide bonds. The molecule has 0 unspecified atom stereocenters. The van der Waals surface area contributed by atoms with Crippen molar-refractivity contribution >= 4 is 0 Å². The zero-order valence-corrected chi connectivity index (χ0v) is 20.6. The highest BCUT2D eigenvalue weighted by atomic mass is 19.3. The largest absolute Gasteiger partial charge is 0.251 e. The maximum Gasteiger partial charge on any atom is 0.251 e. The topological polar surface area (TPSA) is 0 Å². The predicted octanol–water partition coefficient (Wildman–Crippen LogP) is 9.85. The van der Waals surface area contributed by atoms with Crippen LogP contribution in [0.3, 0.4) is 0 Å².